The highest BCUT2D eigenvalue weighted by molar-refractivity contribution is 7.88. The Balaban J connectivity index is 1.83. The molecule has 0 saturated carbocycles. The molecule has 0 aromatic heterocycles. The second kappa shape index (κ2) is 7.01. The normalized spacial score (nSPS) is 18.9. The average Bonchev–Trinajstić information content (AvgIpc) is 2.61. The zero-order chi connectivity index (χ0) is 18.0. The summed E-state index contributed by atoms with van der Waals surface area (Å²) in [5.41, 5.74) is 0.706. The predicted octanol–water partition coefficient (Wildman–Crippen LogP) is 2.46. The number of nitrogens with one attached hydrogen (secondary N) is 1. The number of carbonyl (C=O) groups is 1. The summed E-state index contributed by atoms with van der Waals surface area (Å²) in [6, 6.07) is 11.3. The maximum absolute atomic E-state index is 12.7. The van der Waals surface area contributed by atoms with Crippen LogP contribution in [-0.2, 0) is 14.8 Å². The first-order chi connectivity index (χ1) is 11.9. The molecule has 0 radical (unpaired) electrons. The molecule has 0 aliphatic carbocycles. The number of carbonyl (C=O) groups excluding carboxylic acids is 1. The highest BCUT2D eigenvalue weighted by Gasteiger charge is 2.30. The lowest BCUT2D eigenvalue weighted by Gasteiger charge is -2.30. The predicted molar refractivity (Wildman–Crippen MR) is 98.3 cm³/mol. The maximum Gasteiger partial charge on any atom is 0.228 e. The molecule has 6 nitrogen and oxygen atoms in total. The fraction of sp³-hybridized carbons (Fsp3) is 0.389. The second-order valence-corrected chi connectivity index (χ2v) is 8.29. The molecule has 1 aliphatic rings. The average molecular weight is 362 g/mol. The van der Waals surface area contributed by atoms with Crippen LogP contribution in [0.2, 0.25) is 0 Å². The van der Waals surface area contributed by atoms with Crippen LogP contribution < -0.4 is 10.1 Å². The van der Waals surface area contributed by atoms with Crippen LogP contribution in [0.4, 0.5) is 5.69 Å². The summed E-state index contributed by atoms with van der Waals surface area (Å²) in [6.07, 6.45) is 2.56. The van der Waals surface area contributed by atoms with E-state index in [4.69, 9.17) is 4.74 Å². The van der Waals surface area contributed by atoms with E-state index in [1.807, 2.05) is 36.4 Å². The first kappa shape index (κ1) is 17.7. The standard InChI is InChI=1S/C18H22N2O4S/c1-24-17-10-9-16(14-7-3-4-8-15(14)17)19-18(21)13-6-5-11-20(12-13)25(2,22)23/h3-4,7-10,13H,5-6,11-12H2,1-2H3,(H,19,21). The number of benzene rings is 2. The van der Waals surface area contributed by atoms with E-state index < -0.39 is 10.0 Å². The maximum atomic E-state index is 12.7. The van der Waals surface area contributed by atoms with E-state index in [0.717, 1.165) is 16.5 Å². The molecule has 3 rings (SSSR count). The van der Waals surface area contributed by atoms with Gasteiger partial charge in [-0.1, -0.05) is 24.3 Å². The van der Waals surface area contributed by atoms with Gasteiger partial charge in [0.2, 0.25) is 15.9 Å². The molecule has 1 saturated heterocycles. The molecular weight excluding hydrogens is 340 g/mol. The largest absolute Gasteiger partial charge is 0.496 e. The van der Waals surface area contributed by atoms with Crippen molar-refractivity contribution in [2.75, 3.05) is 31.8 Å². The lowest BCUT2D eigenvalue weighted by Crippen LogP contribution is -2.43. The van der Waals surface area contributed by atoms with Crippen molar-refractivity contribution in [3.05, 3.63) is 36.4 Å². The van der Waals surface area contributed by atoms with Crippen LogP contribution in [-0.4, -0.2) is 45.1 Å². The monoisotopic (exact) mass is 362 g/mol. The number of nitrogens with zero attached hydrogens (tertiary/aromatic N) is 1. The molecule has 2 aromatic rings. The van der Waals surface area contributed by atoms with Gasteiger partial charge in [-0.25, -0.2) is 12.7 Å². The zero-order valence-electron chi connectivity index (χ0n) is 14.4. The third-order valence-corrected chi connectivity index (χ3v) is 5.86. The molecule has 0 bridgehead atoms. The van der Waals surface area contributed by atoms with Crippen LogP contribution in [0.1, 0.15) is 12.8 Å². The highest BCUT2D eigenvalue weighted by Crippen LogP contribution is 2.32. The number of rotatable bonds is 4. The lowest BCUT2D eigenvalue weighted by atomic mass is 9.98. The van der Waals surface area contributed by atoms with Gasteiger partial charge in [0, 0.05) is 29.5 Å². The van der Waals surface area contributed by atoms with Crippen molar-refractivity contribution in [2.24, 2.45) is 5.92 Å². The Morgan fingerprint density at radius 1 is 1.20 bits per heavy atom. The van der Waals surface area contributed by atoms with Crippen molar-refractivity contribution in [3.8, 4) is 5.75 Å². The van der Waals surface area contributed by atoms with Crippen LogP contribution >= 0.6 is 0 Å². The molecule has 2 aromatic carbocycles. The Morgan fingerprint density at radius 3 is 2.60 bits per heavy atom. The smallest absolute Gasteiger partial charge is 0.228 e. The number of ether oxygens (including phenoxy) is 1. The number of methoxy groups -OCH3 is 1. The van der Waals surface area contributed by atoms with Gasteiger partial charge in [-0.15, -0.1) is 0 Å². The molecule has 1 amide bonds. The number of amides is 1. The van der Waals surface area contributed by atoms with Crippen LogP contribution in [0.3, 0.4) is 0 Å². The molecule has 1 heterocycles. The van der Waals surface area contributed by atoms with Crippen molar-refractivity contribution in [2.45, 2.75) is 12.8 Å². The zero-order valence-corrected chi connectivity index (χ0v) is 15.2. The topological polar surface area (TPSA) is 75.7 Å². The van der Waals surface area contributed by atoms with Crippen molar-refractivity contribution < 1.29 is 17.9 Å². The first-order valence-corrected chi connectivity index (χ1v) is 10.1. The molecule has 1 fully saturated rings. The van der Waals surface area contributed by atoms with E-state index in [1.54, 1.807) is 7.11 Å². The molecule has 1 unspecified atom stereocenters. The van der Waals surface area contributed by atoms with Gasteiger partial charge in [-0.05, 0) is 25.0 Å². The minimum Gasteiger partial charge on any atom is -0.496 e. The quantitative estimate of drug-likeness (QED) is 0.906. The molecule has 0 spiro atoms. The number of hydrogen-bond donors (Lipinski definition) is 1. The van der Waals surface area contributed by atoms with Crippen molar-refractivity contribution in [1.82, 2.24) is 4.31 Å². The Kier molecular flexibility index (Phi) is 4.96. The van der Waals surface area contributed by atoms with Gasteiger partial charge < -0.3 is 10.1 Å². The van der Waals surface area contributed by atoms with E-state index >= 15 is 0 Å². The Labute approximate surface area is 147 Å². The summed E-state index contributed by atoms with van der Waals surface area (Å²) in [6.45, 7) is 0.715. The Morgan fingerprint density at radius 2 is 1.92 bits per heavy atom. The van der Waals surface area contributed by atoms with Gasteiger partial charge in [-0.3, -0.25) is 4.79 Å². The van der Waals surface area contributed by atoms with Gasteiger partial charge in [0.15, 0.2) is 0 Å². The van der Waals surface area contributed by atoms with Gasteiger partial charge in [0.05, 0.1) is 19.3 Å². The Hall–Kier alpha value is -2.12. The summed E-state index contributed by atoms with van der Waals surface area (Å²) in [5, 5.41) is 4.78. The minimum atomic E-state index is -3.27. The number of fused-ring (bicyclic) bond motifs is 1. The van der Waals surface area contributed by atoms with Crippen LogP contribution in [0, 0.1) is 5.92 Å². The third kappa shape index (κ3) is 3.77. The van der Waals surface area contributed by atoms with E-state index in [0.29, 0.717) is 25.1 Å². The Bertz CT molecular complexity index is 895. The first-order valence-electron chi connectivity index (χ1n) is 8.22. The summed E-state index contributed by atoms with van der Waals surface area (Å²) in [4.78, 5) is 12.7. The molecule has 25 heavy (non-hydrogen) atoms. The fourth-order valence-electron chi connectivity index (χ4n) is 3.25. The highest BCUT2D eigenvalue weighted by atomic mass is 32.2. The van der Waals surface area contributed by atoms with E-state index in [9.17, 15) is 13.2 Å². The number of piperidine rings is 1. The summed E-state index contributed by atoms with van der Waals surface area (Å²) in [7, 11) is -1.66. The minimum absolute atomic E-state index is 0.149. The third-order valence-electron chi connectivity index (χ3n) is 4.59. The number of hydrogen-bond acceptors (Lipinski definition) is 4. The molecule has 134 valence electrons. The summed E-state index contributed by atoms with van der Waals surface area (Å²) >= 11 is 0. The molecule has 1 aliphatic heterocycles. The van der Waals surface area contributed by atoms with Crippen molar-refractivity contribution in [3.63, 3.8) is 0 Å². The molecule has 1 atom stereocenters. The summed E-state index contributed by atoms with van der Waals surface area (Å²) in [5.74, 6) is 0.252. The van der Waals surface area contributed by atoms with Crippen LogP contribution in [0.5, 0.6) is 5.75 Å². The number of sulfonamides is 1. The fourth-order valence-corrected chi connectivity index (χ4v) is 4.16. The van der Waals surface area contributed by atoms with Crippen molar-refractivity contribution >= 4 is 32.4 Å². The van der Waals surface area contributed by atoms with Crippen molar-refractivity contribution in [1.29, 1.82) is 0 Å². The molecule has 1 N–H and O–H groups in total. The molecule has 7 heteroatoms. The van der Waals surface area contributed by atoms with Gasteiger partial charge >= 0.3 is 0 Å². The van der Waals surface area contributed by atoms with E-state index in [-0.39, 0.29) is 18.4 Å². The van der Waals surface area contributed by atoms with Gasteiger partial charge in [0.25, 0.3) is 0 Å². The lowest BCUT2D eigenvalue weighted by molar-refractivity contribution is -0.120. The number of anilines is 1. The van der Waals surface area contributed by atoms with Crippen LogP contribution in [0.25, 0.3) is 10.8 Å². The van der Waals surface area contributed by atoms with E-state index in [1.165, 1.54) is 10.6 Å². The van der Waals surface area contributed by atoms with Crippen LogP contribution in [0.15, 0.2) is 36.4 Å². The van der Waals surface area contributed by atoms with Gasteiger partial charge in [0.1, 0.15) is 5.75 Å². The van der Waals surface area contributed by atoms with E-state index in [2.05, 4.69) is 5.32 Å². The second-order valence-electron chi connectivity index (χ2n) is 6.31. The summed E-state index contributed by atoms with van der Waals surface area (Å²) < 4.78 is 30.2. The molecular formula is C18H22N2O4S. The SMILES string of the molecule is COc1ccc(NC(=O)C2CCCN(S(C)(=O)=O)C2)c2ccccc12. The van der Waals surface area contributed by atoms with Gasteiger partial charge in [-0.2, -0.15) is 0 Å².